The van der Waals surface area contributed by atoms with Gasteiger partial charge in [-0.1, -0.05) is 6.07 Å². The number of nitrogens with zero attached hydrogens (tertiary/aromatic N) is 4. The Morgan fingerprint density at radius 3 is 2.71 bits per heavy atom. The molecular formula is C19H21N5O4. The maximum Gasteiger partial charge on any atom is 0.270 e. The van der Waals surface area contributed by atoms with Crippen LogP contribution >= 0.6 is 0 Å². The second-order valence-electron chi connectivity index (χ2n) is 6.66. The molecule has 28 heavy (non-hydrogen) atoms. The number of anilines is 1. The molecule has 2 aromatic rings. The number of aryl methyl sites for hydroxylation is 1. The van der Waals surface area contributed by atoms with Crippen molar-refractivity contribution >= 4 is 18.1 Å². The third kappa shape index (κ3) is 3.83. The summed E-state index contributed by atoms with van der Waals surface area (Å²) in [4.78, 5) is 36.0. The molecule has 0 unspecified atom stereocenters. The number of aromatic nitrogens is 2. The van der Waals surface area contributed by atoms with Crippen LogP contribution in [0, 0.1) is 6.92 Å². The summed E-state index contributed by atoms with van der Waals surface area (Å²) < 4.78 is 10.7. The Morgan fingerprint density at radius 1 is 1.14 bits per heavy atom. The van der Waals surface area contributed by atoms with Gasteiger partial charge in [0.25, 0.3) is 5.91 Å². The van der Waals surface area contributed by atoms with Crippen molar-refractivity contribution in [3.05, 3.63) is 41.3 Å². The highest BCUT2D eigenvalue weighted by atomic mass is 16.7. The van der Waals surface area contributed by atoms with Crippen molar-refractivity contribution in [1.82, 2.24) is 20.2 Å². The highest BCUT2D eigenvalue weighted by Gasteiger charge is 2.19. The maximum atomic E-state index is 12.6. The van der Waals surface area contributed by atoms with Gasteiger partial charge in [-0.3, -0.25) is 9.59 Å². The summed E-state index contributed by atoms with van der Waals surface area (Å²) in [5.41, 5.74) is 1.23. The van der Waals surface area contributed by atoms with Gasteiger partial charge in [0.05, 0.1) is 0 Å². The topological polar surface area (TPSA) is 96.9 Å². The summed E-state index contributed by atoms with van der Waals surface area (Å²) in [5.74, 6) is 2.35. The molecule has 2 aliphatic rings. The van der Waals surface area contributed by atoms with Crippen LogP contribution in [0.4, 0.5) is 5.82 Å². The standard InChI is InChI=1S/C19H21N5O4/c1-13-21-15(9-18(22-13)24-6-4-23(11-25)5-7-24)19(26)20-10-14-2-3-16-17(8-14)28-12-27-16/h2-3,8-9,11H,4-7,10,12H2,1H3,(H,20,26). The highest BCUT2D eigenvalue weighted by Crippen LogP contribution is 2.32. The van der Waals surface area contributed by atoms with E-state index in [1.54, 1.807) is 17.9 Å². The molecule has 9 nitrogen and oxygen atoms in total. The number of carbonyl (C=O) groups excluding carboxylic acids is 2. The lowest BCUT2D eigenvalue weighted by molar-refractivity contribution is -0.118. The van der Waals surface area contributed by atoms with E-state index in [-0.39, 0.29) is 12.7 Å². The van der Waals surface area contributed by atoms with Crippen molar-refractivity contribution in [2.75, 3.05) is 37.9 Å². The number of amides is 2. The molecule has 2 aliphatic heterocycles. The van der Waals surface area contributed by atoms with Crippen molar-refractivity contribution in [2.24, 2.45) is 0 Å². The van der Waals surface area contributed by atoms with Crippen molar-refractivity contribution in [3.63, 3.8) is 0 Å². The van der Waals surface area contributed by atoms with Crippen LogP contribution in [0.15, 0.2) is 24.3 Å². The fraction of sp³-hybridized carbons (Fsp3) is 0.368. The number of hydrogen-bond donors (Lipinski definition) is 1. The first-order valence-electron chi connectivity index (χ1n) is 9.09. The molecule has 1 fully saturated rings. The zero-order valence-electron chi connectivity index (χ0n) is 15.6. The average Bonchev–Trinajstić information content (AvgIpc) is 3.19. The van der Waals surface area contributed by atoms with Gasteiger partial charge in [-0.2, -0.15) is 0 Å². The van der Waals surface area contributed by atoms with E-state index < -0.39 is 0 Å². The minimum atomic E-state index is -0.268. The Labute approximate surface area is 162 Å². The first-order valence-corrected chi connectivity index (χ1v) is 9.09. The number of benzene rings is 1. The predicted octanol–water partition coefficient (Wildman–Crippen LogP) is 0.722. The van der Waals surface area contributed by atoms with E-state index in [0.717, 1.165) is 12.0 Å². The molecule has 3 heterocycles. The summed E-state index contributed by atoms with van der Waals surface area (Å²) in [5, 5.41) is 2.88. The first-order chi connectivity index (χ1) is 13.6. The second kappa shape index (κ2) is 7.71. The van der Waals surface area contributed by atoms with Crippen LogP contribution in [0.5, 0.6) is 11.5 Å². The summed E-state index contributed by atoms with van der Waals surface area (Å²) >= 11 is 0. The number of hydrogen-bond acceptors (Lipinski definition) is 7. The van der Waals surface area contributed by atoms with Gasteiger partial charge < -0.3 is 24.6 Å². The molecule has 146 valence electrons. The minimum Gasteiger partial charge on any atom is -0.454 e. The van der Waals surface area contributed by atoms with E-state index >= 15 is 0 Å². The lowest BCUT2D eigenvalue weighted by Crippen LogP contribution is -2.46. The van der Waals surface area contributed by atoms with E-state index in [2.05, 4.69) is 20.2 Å². The molecule has 2 amide bonds. The van der Waals surface area contributed by atoms with Gasteiger partial charge in [0.1, 0.15) is 17.3 Å². The van der Waals surface area contributed by atoms with E-state index in [0.29, 0.717) is 61.6 Å². The van der Waals surface area contributed by atoms with Gasteiger partial charge in [-0.25, -0.2) is 9.97 Å². The first kappa shape index (κ1) is 18.0. The molecule has 0 aliphatic carbocycles. The van der Waals surface area contributed by atoms with E-state index in [9.17, 15) is 9.59 Å². The zero-order chi connectivity index (χ0) is 19.5. The zero-order valence-corrected chi connectivity index (χ0v) is 15.6. The molecule has 0 atom stereocenters. The van der Waals surface area contributed by atoms with Crippen molar-refractivity contribution in [3.8, 4) is 11.5 Å². The molecule has 0 radical (unpaired) electrons. The molecule has 4 rings (SSSR count). The smallest absolute Gasteiger partial charge is 0.270 e. The van der Waals surface area contributed by atoms with Crippen LogP contribution < -0.4 is 19.7 Å². The molecule has 0 bridgehead atoms. The Bertz CT molecular complexity index is 896. The quantitative estimate of drug-likeness (QED) is 0.760. The minimum absolute atomic E-state index is 0.218. The molecule has 9 heteroatoms. The number of fused-ring (bicyclic) bond motifs is 1. The molecule has 1 saturated heterocycles. The molecule has 0 saturated carbocycles. The van der Waals surface area contributed by atoms with E-state index in [1.807, 2.05) is 18.2 Å². The monoisotopic (exact) mass is 383 g/mol. The Morgan fingerprint density at radius 2 is 1.93 bits per heavy atom. The van der Waals surface area contributed by atoms with Crippen LogP contribution in [0.3, 0.4) is 0 Å². The summed E-state index contributed by atoms with van der Waals surface area (Å²) in [6.07, 6.45) is 0.859. The van der Waals surface area contributed by atoms with Gasteiger partial charge in [-0.15, -0.1) is 0 Å². The molecule has 1 aromatic heterocycles. The van der Waals surface area contributed by atoms with Crippen molar-refractivity contribution in [2.45, 2.75) is 13.5 Å². The Kier molecular flexibility index (Phi) is 4.96. The molecule has 1 aromatic carbocycles. The Hall–Kier alpha value is -3.36. The average molecular weight is 383 g/mol. The number of rotatable bonds is 5. The van der Waals surface area contributed by atoms with Gasteiger partial charge in [-0.05, 0) is 24.6 Å². The van der Waals surface area contributed by atoms with E-state index in [1.165, 1.54) is 0 Å². The predicted molar refractivity (Wildman–Crippen MR) is 100 cm³/mol. The number of carbonyl (C=O) groups is 2. The summed E-state index contributed by atoms with van der Waals surface area (Å²) in [6, 6.07) is 7.26. The third-order valence-corrected chi connectivity index (χ3v) is 4.73. The van der Waals surface area contributed by atoms with Crippen LogP contribution in [-0.4, -0.2) is 60.2 Å². The summed E-state index contributed by atoms with van der Waals surface area (Å²) in [6.45, 7) is 4.96. The summed E-state index contributed by atoms with van der Waals surface area (Å²) in [7, 11) is 0. The molecule has 1 N–H and O–H groups in total. The maximum absolute atomic E-state index is 12.6. The Balaban J connectivity index is 1.42. The van der Waals surface area contributed by atoms with E-state index in [4.69, 9.17) is 9.47 Å². The molecular weight excluding hydrogens is 362 g/mol. The third-order valence-electron chi connectivity index (χ3n) is 4.73. The fourth-order valence-corrected chi connectivity index (χ4v) is 3.21. The van der Waals surface area contributed by atoms with Crippen LogP contribution in [0.25, 0.3) is 0 Å². The van der Waals surface area contributed by atoms with Gasteiger partial charge >= 0.3 is 0 Å². The number of nitrogens with one attached hydrogen (secondary N) is 1. The largest absolute Gasteiger partial charge is 0.454 e. The highest BCUT2D eigenvalue weighted by molar-refractivity contribution is 5.93. The number of ether oxygens (including phenoxy) is 2. The normalized spacial score (nSPS) is 15.5. The number of piperazine rings is 1. The molecule has 0 spiro atoms. The van der Waals surface area contributed by atoms with Crippen LogP contribution in [-0.2, 0) is 11.3 Å². The van der Waals surface area contributed by atoms with Crippen molar-refractivity contribution in [1.29, 1.82) is 0 Å². The van der Waals surface area contributed by atoms with Crippen molar-refractivity contribution < 1.29 is 19.1 Å². The fourth-order valence-electron chi connectivity index (χ4n) is 3.21. The van der Waals surface area contributed by atoms with Crippen LogP contribution in [0.2, 0.25) is 0 Å². The second-order valence-corrected chi connectivity index (χ2v) is 6.66. The van der Waals surface area contributed by atoms with Gasteiger partial charge in [0.15, 0.2) is 11.5 Å². The lowest BCUT2D eigenvalue weighted by atomic mass is 10.2. The van der Waals surface area contributed by atoms with Gasteiger partial charge in [0.2, 0.25) is 13.2 Å². The van der Waals surface area contributed by atoms with Crippen LogP contribution in [0.1, 0.15) is 21.9 Å². The SMILES string of the molecule is Cc1nc(C(=O)NCc2ccc3c(c2)OCO3)cc(N2CCN(C=O)CC2)n1. The lowest BCUT2D eigenvalue weighted by Gasteiger charge is -2.33. The van der Waals surface area contributed by atoms with Gasteiger partial charge in [0, 0.05) is 38.8 Å².